The number of nitrogens with zero attached hydrogens (tertiary/aromatic N) is 3. The van der Waals surface area contributed by atoms with Crippen molar-refractivity contribution in [1.29, 1.82) is 5.26 Å². The third kappa shape index (κ3) is 4.66. The third-order valence-electron chi connectivity index (χ3n) is 12.7. The summed E-state index contributed by atoms with van der Waals surface area (Å²) >= 11 is 0. The van der Waals surface area contributed by atoms with Crippen molar-refractivity contribution in [2.75, 3.05) is 0 Å². The zero-order valence-electron chi connectivity index (χ0n) is 32.7. The van der Waals surface area contributed by atoms with Crippen molar-refractivity contribution in [3.63, 3.8) is 0 Å². The summed E-state index contributed by atoms with van der Waals surface area (Å²) in [6.07, 6.45) is 0. The van der Waals surface area contributed by atoms with E-state index in [-0.39, 0.29) is 6.71 Å². The second-order valence-electron chi connectivity index (χ2n) is 15.8. The second kappa shape index (κ2) is 12.9. The molecule has 0 unspecified atom stereocenters. The Kier molecular flexibility index (Phi) is 7.10. The van der Waals surface area contributed by atoms with E-state index in [0.717, 1.165) is 83.6 Å². The Labute approximate surface area is 351 Å². The number of fused-ring (bicyclic) bond motifs is 10. The molecule has 61 heavy (non-hydrogen) atoms. The minimum atomic E-state index is -0.309. The standard InChI is InChI=1S/C55H32BN3O2/c57-33-40-49(34-17-3-1-4-18-34)54-51-55(50(40)35-19-5-2-6-20-35)61-53-42(26-16-32-48(53)59-45-29-13-9-23-38(45)39-24-10-14-30-46(39)59)56(51)41-25-15-31-47(52(41)60-54)58-43-27-11-7-21-36(43)37-22-8-12-28-44(37)58/h1-32H. The minimum absolute atomic E-state index is 0.309. The van der Waals surface area contributed by atoms with Gasteiger partial charge < -0.3 is 18.6 Å². The largest absolute Gasteiger partial charge is 0.455 e. The molecule has 282 valence electrons. The molecule has 0 atom stereocenters. The number of hydrogen-bond acceptors (Lipinski definition) is 3. The van der Waals surface area contributed by atoms with Gasteiger partial charge in [0.15, 0.2) is 0 Å². The van der Waals surface area contributed by atoms with Crippen LogP contribution in [0, 0.1) is 11.3 Å². The van der Waals surface area contributed by atoms with E-state index in [1.54, 1.807) is 0 Å². The fourth-order valence-corrected chi connectivity index (χ4v) is 10.2. The Hall–Kier alpha value is -8.27. The number of para-hydroxylation sites is 6. The molecule has 4 heterocycles. The van der Waals surface area contributed by atoms with Crippen molar-refractivity contribution in [1.82, 2.24) is 9.13 Å². The highest BCUT2D eigenvalue weighted by Crippen LogP contribution is 2.51. The van der Waals surface area contributed by atoms with Crippen molar-refractivity contribution >= 4 is 66.7 Å². The van der Waals surface area contributed by atoms with Gasteiger partial charge in [-0.1, -0.05) is 158 Å². The number of nitriles is 1. The maximum absolute atomic E-state index is 11.4. The SMILES string of the molecule is N#Cc1c(-c2ccccc2)c2c3c(c1-c1ccccc1)Oc1c(cccc1-n1c4ccccc4c4ccccc41)B3c1cccc(-n3c4ccccc4c4ccccc43)c1O2. The molecule has 11 aromatic rings. The number of aromatic nitrogens is 2. The lowest BCUT2D eigenvalue weighted by atomic mass is 9.34. The summed E-state index contributed by atoms with van der Waals surface area (Å²) in [6.45, 7) is -0.309. The molecule has 0 amide bonds. The Bertz CT molecular complexity index is 3340. The summed E-state index contributed by atoms with van der Waals surface area (Å²) < 4.78 is 19.6. The molecule has 2 aliphatic rings. The summed E-state index contributed by atoms with van der Waals surface area (Å²) in [6, 6.07) is 70.3. The monoisotopic (exact) mass is 777 g/mol. The van der Waals surface area contributed by atoms with E-state index >= 15 is 0 Å². The van der Waals surface area contributed by atoms with Crippen LogP contribution in [-0.2, 0) is 0 Å². The van der Waals surface area contributed by atoms with Crippen LogP contribution in [0.15, 0.2) is 194 Å². The van der Waals surface area contributed by atoms with Crippen LogP contribution in [0.3, 0.4) is 0 Å². The van der Waals surface area contributed by atoms with Gasteiger partial charge in [0.1, 0.15) is 29.1 Å². The molecule has 0 aliphatic carbocycles. The fraction of sp³-hybridized carbons (Fsp3) is 0. The molecule has 0 radical (unpaired) electrons. The van der Waals surface area contributed by atoms with E-state index in [0.29, 0.717) is 17.1 Å². The Morgan fingerprint density at radius 3 is 1.11 bits per heavy atom. The number of hydrogen-bond donors (Lipinski definition) is 0. The maximum Gasteiger partial charge on any atom is 0.260 e. The molecule has 0 N–H and O–H groups in total. The molecule has 6 heteroatoms. The lowest BCUT2D eigenvalue weighted by Gasteiger charge is -2.37. The molecule has 0 saturated carbocycles. The Morgan fingerprint density at radius 2 is 0.738 bits per heavy atom. The zero-order valence-corrected chi connectivity index (χ0v) is 32.7. The first-order valence-electron chi connectivity index (χ1n) is 20.6. The molecule has 9 aromatic carbocycles. The quantitative estimate of drug-likeness (QED) is 0.167. The smallest absolute Gasteiger partial charge is 0.260 e. The van der Waals surface area contributed by atoms with Crippen molar-refractivity contribution in [3.8, 4) is 62.7 Å². The van der Waals surface area contributed by atoms with Gasteiger partial charge in [-0.05, 0) is 58.5 Å². The second-order valence-corrected chi connectivity index (χ2v) is 15.8. The normalized spacial score (nSPS) is 12.5. The van der Waals surface area contributed by atoms with Crippen LogP contribution in [0.25, 0.3) is 77.2 Å². The van der Waals surface area contributed by atoms with Crippen molar-refractivity contribution in [3.05, 3.63) is 200 Å². The van der Waals surface area contributed by atoms with Gasteiger partial charge in [0, 0.05) is 38.1 Å². The first kappa shape index (κ1) is 33.7. The van der Waals surface area contributed by atoms with Crippen molar-refractivity contribution in [2.24, 2.45) is 0 Å². The van der Waals surface area contributed by atoms with Crippen LogP contribution >= 0.6 is 0 Å². The Balaban J connectivity index is 1.18. The summed E-state index contributed by atoms with van der Waals surface area (Å²) in [5, 5.41) is 16.1. The minimum Gasteiger partial charge on any atom is -0.455 e. The zero-order chi connectivity index (χ0) is 40.2. The number of benzene rings is 9. The highest BCUT2D eigenvalue weighted by atomic mass is 16.5. The predicted octanol–water partition coefficient (Wildman–Crippen LogP) is 11.8. The van der Waals surface area contributed by atoms with Gasteiger partial charge in [-0.25, -0.2) is 0 Å². The fourth-order valence-electron chi connectivity index (χ4n) is 10.2. The Morgan fingerprint density at radius 1 is 0.377 bits per heavy atom. The first-order chi connectivity index (χ1) is 30.3. The maximum atomic E-state index is 11.4. The van der Waals surface area contributed by atoms with Crippen molar-refractivity contribution < 1.29 is 9.47 Å². The molecule has 5 nitrogen and oxygen atoms in total. The molecular formula is C55H32BN3O2. The van der Waals surface area contributed by atoms with Gasteiger partial charge in [0.2, 0.25) is 0 Å². The van der Waals surface area contributed by atoms with Crippen LogP contribution in [0.4, 0.5) is 0 Å². The lowest BCUT2D eigenvalue weighted by molar-refractivity contribution is 0.464. The highest BCUT2D eigenvalue weighted by Gasteiger charge is 2.46. The molecular weight excluding hydrogens is 745 g/mol. The topological polar surface area (TPSA) is 52.1 Å². The predicted molar refractivity (Wildman–Crippen MR) is 248 cm³/mol. The van der Waals surface area contributed by atoms with Crippen LogP contribution in [0.2, 0.25) is 0 Å². The molecule has 0 saturated heterocycles. The molecule has 0 bridgehead atoms. The van der Waals surface area contributed by atoms with Gasteiger partial charge in [-0.3, -0.25) is 0 Å². The summed E-state index contributed by atoms with van der Waals surface area (Å²) in [5.41, 5.74) is 13.0. The van der Waals surface area contributed by atoms with Gasteiger partial charge in [-0.2, -0.15) is 5.26 Å². The average Bonchev–Trinajstić information content (AvgIpc) is 3.84. The van der Waals surface area contributed by atoms with Crippen LogP contribution < -0.4 is 25.9 Å². The van der Waals surface area contributed by atoms with E-state index in [4.69, 9.17) is 9.47 Å². The summed E-state index contributed by atoms with van der Waals surface area (Å²) in [5.74, 6) is 2.77. The number of ether oxygens (including phenoxy) is 2. The van der Waals surface area contributed by atoms with E-state index < -0.39 is 0 Å². The van der Waals surface area contributed by atoms with Gasteiger partial charge in [0.05, 0.1) is 39.0 Å². The third-order valence-corrected chi connectivity index (χ3v) is 12.7. The van der Waals surface area contributed by atoms with Crippen molar-refractivity contribution in [2.45, 2.75) is 0 Å². The van der Waals surface area contributed by atoms with Crippen LogP contribution in [0.5, 0.6) is 23.0 Å². The van der Waals surface area contributed by atoms with Gasteiger partial charge in [-0.15, -0.1) is 0 Å². The number of rotatable bonds is 4. The molecule has 0 spiro atoms. The summed E-state index contributed by atoms with van der Waals surface area (Å²) in [7, 11) is 0. The molecule has 13 rings (SSSR count). The molecule has 2 aliphatic heterocycles. The van der Waals surface area contributed by atoms with E-state index in [1.165, 1.54) is 21.5 Å². The van der Waals surface area contributed by atoms with E-state index in [2.05, 4.69) is 173 Å². The molecule has 2 aromatic heterocycles. The van der Waals surface area contributed by atoms with Gasteiger partial charge >= 0.3 is 0 Å². The van der Waals surface area contributed by atoms with E-state index in [9.17, 15) is 5.26 Å². The summed E-state index contributed by atoms with van der Waals surface area (Å²) in [4.78, 5) is 0. The average molecular weight is 778 g/mol. The highest BCUT2D eigenvalue weighted by molar-refractivity contribution is 6.98. The van der Waals surface area contributed by atoms with E-state index in [1.807, 2.05) is 36.4 Å². The van der Waals surface area contributed by atoms with Crippen LogP contribution in [-0.4, -0.2) is 15.8 Å². The lowest BCUT2D eigenvalue weighted by Crippen LogP contribution is -2.58. The van der Waals surface area contributed by atoms with Gasteiger partial charge in [0.25, 0.3) is 6.71 Å². The first-order valence-corrected chi connectivity index (χ1v) is 20.6. The van der Waals surface area contributed by atoms with Crippen LogP contribution in [0.1, 0.15) is 5.56 Å². The molecule has 0 fully saturated rings.